The Morgan fingerprint density at radius 3 is 2.54 bits per heavy atom. The molecule has 2 aromatic rings. The van der Waals surface area contributed by atoms with E-state index in [1.807, 2.05) is 68.4 Å². The van der Waals surface area contributed by atoms with Crippen LogP contribution in [0.25, 0.3) is 0 Å². The van der Waals surface area contributed by atoms with Gasteiger partial charge in [-0.05, 0) is 42.8 Å². The molecule has 2 rings (SSSR count). The van der Waals surface area contributed by atoms with Crippen LogP contribution >= 0.6 is 11.6 Å². The average Bonchev–Trinajstić information content (AvgIpc) is 2.59. The lowest BCUT2D eigenvalue weighted by Gasteiger charge is -2.29. The van der Waals surface area contributed by atoms with Crippen molar-refractivity contribution in [1.29, 1.82) is 0 Å². The first-order valence-electron chi connectivity index (χ1n) is 7.72. The minimum atomic E-state index is -0.653. The minimum Gasteiger partial charge on any atom is -0.378 e. The topological polar surface area (TPSA) is 41.6 Å². The van der Waals surface area contributed by atoms with Crippen LogP contribution in [0, 0.1) is 0 Å². The molecule has 24 heavy (non-hydrogen) atoms. The Balaban J connectivity index is 2.13. The van der Waals surface area contributed by atoms with Crippen LogP contribution in [0.3, 0.4) is 0 Å². The molecule has 1 N–H and O–H groups in total. The lowest BCUT2D eigenvalue weighted by atomic mass is 9.95. The smallest absolute Gasteiger partial charge is 0.251 e. The molecule has 0 aliphatic carbocycles. The molecule has 0 aromatic heterocycles. The van der Waals surface area contributed by atoms with E-state index in [2.05, 4.69) is 5.32 Å². The van der Waals surface area contributed by atoms with E-state index in [4.69, 9.17) is 16.3 Å². The number of carbonyl (C=O) groups excluding carboxylic acids is 1. The normalized spacial score (nSPS) is 13.2. The molecular weight excluding hydrogens is 324 g/mol. The Bertz CT molecular complexity index is 718. The Kier molecular flexibility index (Phi) is 5.86. The minimum absolute atomic E-state index is 0.135. The van der Waals surface area contributed by atoms with Gasteiger partial charge in [0.2, 0.25) is 0 Å². The number of rotatable bonds is 6. The first-order valence-corrected chi connectivity index (χ1v) is 8.10. The maximum absolute atomic E-state index is 12.5. The van der Waals surface area contributed by atoms with Crippen molar-refractivity contribution in [1.82, 2.24) is 5.32 Å². The highest BCUT2D eigenvalue weighted by Gasteiger charge is 2.27. The third-order valence-corrected chi connectivity index (χ3v) is 4.33. The highest BCUT2D eigenvalue weighted by atomic mass is 35.5. The SMILES string of the molecule is COC(C)(CNC(=O)c1cccc(N(C)C)c1)c1cccc(Cl)c1. The number of halogens is 1. The van der Waals surface area contributed by atoms with E-state index in [0.29, 0.717) is 17.1 Å². The van der Waals surface area contributed by atoms with Crippen LogP contribution in [-0.4, -0.2) is 33.7 Å². The third-order valence-electron chi connectivity index (χ3n) is 4.10. The molecule has 2 aromatic carbocycles. The number of nitrogens with one attached hydrogen (secondary N) is 1. The highest BCUT2D eigenvalue weighted by molar-refractivity contribution is 6.30. The van der Waals surface area contributed by atoms with Gasteiger partial charge in [-0.25, -0.2) is 0 Å². The predicted molar refractivity (Wildman–Crippen MR) is 98.9 cm³/mol. The molecule has 1 amide bonds. The number of ether oxygens (including phenoxy) is 1. The van der Waals surface area contributed by atoms with Crippen LogP contribution in [-0.2, 0) is 10.3 Å². The number of hydrogen-bond acceptors (Lipinski definition) is 3. The molecule has 0 bridgehead atoms. The predicted octanol–water partition coefficient (Wildman–Crippen LogP) is 3.70. The van der Waals surface area contributed by atoms with Gasteiger partial charge in [-0.1, -0.05) is 29.8 Å². The monoisotopic (exact) mass is 346 g/mol. The molecule has 0 fully saturated rings. The van der Waals surface area contributed by atoms with Crippen LogP contribution in [0.1, 0.15) is 22.8 Å². The summed E-state index contributed by atoms with van der Waals surface area (Å²) in [6.45, 7) is 2.27. The summed E-state index contributed by atoms with van der Waals surface area (Å²) < 4.78 is 5.65. The number of benzene rings is 2. The Hall–Kier alpha value is -2.04. The van der Waals surface area contributed by atoms with Crippen LogP contribution in [0.5, 0.6) is 0 Å². The highest BCUT2D eigenvalue weighted by Crippen LogP contribution is 2.26. The maximum atomic E-state index is 12.5. The molecule has 0 aliphatic rings. The van der Waals surface area contributed by atoms with Crippen LogP contribution in [0.15, 0.2) is 48.5 Å². The van der Waals surface area contributed by atoms with Crippen LogP contribution in [0.2, 0.25) is 5.02 Å². The van der Waals surface area contributed by atoms with Gasteiger partial charge >= 0.3 is 0 Å². The summed E-state index contributed by atoms with van der Waals surface area (Å²) in [6.07, 6.45) is 0. The fourth-order valence-electron chi connectivity index (χ4n) is 2.39. The lowest BCUT2D eigenvalue weighted by Crippen LogP contribution is -2.40. The molecule has 1 unspecified atom stereocenters. The summed E-state index contributed by atoms with van der Waals surface area (Å²) in [5.74, 6) is -0.135. The van der Waals surface area contributed by atoms with Gasteiger partial charge < -0.3 is 15.0 Å². The second-order valence-corrected chi connectivity index (χ2v) is 6.51. The summed E-state index contributed by atoms with van der Waals surface area (Å²) in [5, 5.41) is 3.59. The Morgan fingerprint density at radius 2 is 1.92 bits per heavy atom. The summed E-state index contributed by atoms with van der Waals surface area (Å²) in [7, 11) is 5.51. The molecule has 0 spiro atoms. The average molecular weight is 347 g/mol. The second-order valence-electron chi connectivity index (χ2n) is 6.07. The molecule has 0 heterocycles. The number of nitrogens with zero attached hydrogens (tertiary/aromatic N) is 1. The molecule has 0 aliphatic heterocycles. The van der Waals surface area contributed by atoms with Crippen molar-refractivity contribution in [3.8, 4) is 0 Å². The number of carbonyl (C=O) groups is 1. The summed E-state index contributed by atoms with van der Waals surface area (Å²) >= 11 is 6.07. The zero-order valence-corrected chi connectivity index (χ0v) is 15.2. The van der Waals surface area contributed by atoms with Gasteiger partial charge in [0.25, 0.3) is 5.91 Å². The van der Waals surface area contributed by atoms with Crippen LogP contribution in [0.4, 0.5) is 5.69 Å². The number of anilines is 1. The van der Waals surface area contributed by atoms with Gasteiger partial charge in [0.05, 0.1) is 6.54 Å². The van der Waals surface area contributed by atoms with Crippen molar-refractivity contribution in [2.75, 3.05) is 32.6 Å². The zero-order valence-electron chi connectivity index (χ0n) is 14.5. The van der Waals surface area contributed by atoms with E-state index >= 15 is 0 Å². The van der Waals surface area contributed by atoms with Crippen molar-refractivity contribution in [3.05, 3.63) is 64.7 Å². The first-order chi connectivity index (χ1) is 11.4. The van der Waals surface area contributed by atoms with Crippen LogP contribution < -0.4 is 10.2 Å². The van der Waals surface area contributed by atoms with Gasteiger partial charge in [0.15, 0.2) is 0 Å². The summed E-state index contributed by atoms with van der Waals surface area (Å²) in [4.78, 5) is 14.4. The Labute approximate surface area is 148 Å². The van der Waals surface area contributed by atoms with Gasteiger partial charge in [-0.3, -0.25) is 4.79 Å². The van der Waals surface area contributed by atoms with E-state index in [9.17, 15) is 4.79 Å². The van der Waals surface area contributed by atoms with Crippen molar-refractivity contribution in [2.45, 2.75) is 12.5 Å². The Morgan fingerprint density at radius 1 is 1.21 bits per heavy atom. The quantitative estimate of drug-likeness (QED) is 0.867. The number of methoxy groups -OCH3 is 1. The number of hydrogen-bond donors (Lipinski definition) is 1. The van der Waals surface area contributed by atoms with Crippen molar-refractivity contribution in [2.24, 2.45) is 0 Å². The van der Waals surface area contributed by atoms with Gasteiger partial charge in [-0.15, -0.1) is 0 Å². The first kappa shape index (κ1) is 18.3. The lowest BCUT2D eigenvalue weighted by molar-refractivity contribution is 0.00315. The standard InChI is InChI=1S/C19H23ClN2O2/c1-19(24-4,15-8-6-9-16(20)12-15)13-21-18(23)14-7-5-10-17(11-14)22(2)3/h5-12H,13H2,1-4H3,(H,21,23). The molecule has 0 saturated heterocycles. The van der Waals surface area contributed by atoms with E-state index in [-0.39, 0.29) is 5.91 Å². The van der Waals surface area contributed by atoms with Gasteiger partial charge in [0, 0.05) is 37.5 Å². The fourth-order valence-corrected chi connectivity index (χ4v) is 2.58. The van der Waals surface area contributed by atoms with E-state index < -0.39 is 5.60 Å². The fraction of sp³-hybridized carbons (Fsp3) is 0.316. The van der Waals surface area contributed by atoms with Crippen molar-refractivity contribution >= 4 is 23.2 Å². The van der Waals surface area contributed by atoms with Crippen molar-refractivity contribution in [3.63, 3.8) is 0 Å². The van der Waals surface area contributed by atoms with E-state index in [1.54, 1.807) is 13.2 Å². The molecule has 0 saturated carbocycles. The van der Waals surface area contributed by atoms with Gasteiger partial charge in [0.1, 0.15) is 5.60 Å². The maximum Gasteiger partial charge on any atom is 0.251 e. The van der Waals surface area contributed by atoms with E-state index in [0.717, 1.165) is 11.3 Å². The van der Waals surface area contributed by atoms with Crippen molar-refractivity contribution < 1.29 is 9.53 Å². The zero-order chi connectivity index (χ0) is 17.7. The third kappa shape index (κ3) is 4.28. The molecule has 0 radical (unpaired) electrons. The molecule has 5 heteroatoms. The molecule has 4 nitrogen and oxygen atoms in total. The molecular formula is C19H23ClN2O2. The molecule has 1 atom stereocenters. The summed E-state index contributed by atoms with van der Waals surface area (Å²) in [6, 6.07) is 15.0. The molecule has 128 valence electrons. The number of amides is 1. The second kappa shape index (κ2) is 7.69. The largest absolute Gasteiger partial charge is 0.378 e. The summed E-state index contributed by atoms with van der Waals surface area (Å²) in [5.41, 5.74) is 1.86. The van der Waals surface area contributed by atoms with Gasteiger partial charge in [-0.2, -0.15) is 0 Å². The van der Waals surface area contributed by atoms with E-state index in [1.165, 1.54) is 0 Å².